The Morgan fingerprint density at radius 2 is 2.16 bits per heavy atom. The average Bonchev–Trinajstić information content (AvgIpc) is 2.80. The summed E-state index contributed by atoms with van der Waals surface area (Å²) in [5, 5.41) is 0.890. The van der Waals surface area contributed by atoms with Gasteiger partial charge in [0.15, 0.2) is 0 Å². The zero-order valence-electron chi connectivity index (χ0n) is 10.2. The van der Waals surface area contributed by atoms with Crippen LogP contribution in [0.2, 0.25) is 0 Å². The molecule has 0 atom stereocenters. The highest BCUT2D eigenvalue weighted by molar-refractivity contribution is 7.18. The van der Waals surface area contributed by atoms with E-state index in [1.807, 2.05) is 13.0 Å². The molecule has 3 rings (SSSR count). The third-order valence-corrected chi connectivity index (χ3v) is 3.58. The monoisotopic (exact) mass is 270 g/mol. The van der Waals surface area contributed by atoms with Crippen molar-refractivity contribution in [3.05, 3.63) is 47.1 Å². The lowest BCUT2D eigenvalue weighted by atomic mass is 10.2. The lowest BCUT2D eigenvalue weighted by Crippen LogP contribution is -1.90. The largest absolute Gasteiger partial charge is 0.438 e. The number of carbonyl (C=O) groups excluding carboxylic acids is 1. The number of aryl methyl sites for hydroxylation is 1. The molecule has 0 radical (unpaired) electrons. The van der Waals surface area contributed by atoms with Gasteiger partial charge in [-0.2, -0.15) is 0 Å². The van der Waals surface area contributed by atoms with Crippen molar-refractivity contribution in [2.45, 2.75) is 6.92 Å². The molecule has 0 aliphatic heterocycles. The molecule has 0 saturated carbocycles. The van der Waals surface area contributed by atoms with E-state index >= 15 is 0 Å². The number of carbonyl (C=O) groups is 1. The van der Waals surface area contributed by atoms with E-state index in [-0.39, 0.29) is 0 Å². The minimum absolute atomic E-state index is 0.511. The first-order valence-corrected chi connectivity index (χ1v) is 6.52. The topological polar surface area (TPSA) is 52.1 Å². The molecule has 0 aliphatic carbocycles. The highest BCUT2D eigenvalue weighted by atomic mass is 32.1. The van der Waals surface area contributed by atoms with Crippen LogP contribution < -0.4 is 4.74 Å². The molecule has 0 N–H and O–H groups in total. The van der Waals surface area contributed by atoms with Crippen LogP contribution in [0.4, 0.5) is 0 Å². The van der Waals surface area contributed by atoms with Crippen LogP contribution in [0.3, 0.4) is 0 Å². The van der Waals surface area contributed by atoms with Crippen molar-refractivity contribution in [3.63, 3.8) is 0 Å². The Morgan fingerprint density at radius 3 is 3.00 bits per heavy atom. The molecule has 94 valence electrons. The smallest absolute Gasteiger partial charge is 0.231 e. The van der Waals surface area contributed by atoms with Gasteiger partial charge in [-0.25, -0.2) is 9.97 Å². The van der Waals surface area contributed by atoms with E-state index < -0.39 is 0 Å². The lowest BCUT2D eigenvalue weighted by Gasteiger charge is -2.05. The lowest BCUT2D eigenvalue weighted by molar-refractivity contribution is 0.112. The quantitative estimate of drug-likeness (QED) is 0.682. The normalized spacial score (nSPS) is 10.6. The number of hydrogen-bond acceptors (Lipinski definition) is 5. The molecule has 0 spiro atoms. The van der Waals surface area contributed by atoms with Gasteiger partial charge in [0.1, 0.15) is 23.2 Å². The fraction of sp³-hybridized carbons (Fsp3) is 0.0714. The van der Waals surface area contributed by atoms with Crippen LogP contribution in [0.5, 0.6) is 11.6 Å². The second-order valence-electron chi connectivity index (χ2n) is 4.05. The number of benzene rings is 1. The van der Waals surface area contributed by atoms with Crippen molar-refractivity contribution in [3.8, 4) is 11.6 Å². The zero-order valence-corrected chi connectivity index (χ0v) is 11.0. The molecule has 0 amide bonds. The predicted octanol–water partition coefficient (Wildman–Crippen LogP) is 3.60. The van der Waals surface area contributed by atoms with Crippen molar-refractivity contribution < 1.29 is 9.53 Å². The molecule has 4 nitrogen and oxygen atoms in total. The second kappa shape index (κ2) is 4.78. The van der Waals surface area contributed by atoms with E-state index in [0.29, 0.717) is 17.2 Å². The van der Waals surface area contributed by atoms with Gasteiger partial charge in [0, 0.05) is 10.4 Å². The molecule has 3 aromatic rings. The third-order valence-electron chi connectivity index (χ3n) is 2.62. The molecular weight excluding hydrogens is 260 g/mol. The summed E-state index contributed by atoms with van der Waals surface area (Å²) < 4.78 is 5.74. The Bertz CT molecular complexity index is 752. The highest BCUT2D eigenvalue weighted by Crippen LogP contribution is 2.31. The maximum atomic E-state index is 10.7. The van der Waals surface area contributed by atoms with Crippen LogP contribution in [0.1, 0.15) is 15.2 Å². The number of hydrogen-bond donors (Lipinski definition) is 0. The fourth-order valence-corrected chi connectivity index (χ4v) is 2.64. The second-order valence-corrected chi connectivity index (χ2v) is 5.28. The van der Waals surface area contributed by atoms with Crippen LogP contribution in [0, 0.1) is 6.92 Å². The molecule has 0 fully saturated rings. The first kappa shape index (κ1) is 11.8. The third kappa shape index (κ3) is 2.32. The van der Waals surface area contributed by atoms with Gasteiger partial charge in [0.25, 0.3) is 0 Å². The minimum atomic E-state index is 0.511. The molecule has 0 unspecified atom stereocenters. The fourth-order valence-electron chi connectivity index (χ4n) is 1.80. The van der Waals surface area contributed by atoms with E-state index in [1.165, 1.54) is 6.33 Å². The van der Waals surface area contributed by atoms with Crippen molar-refractivity contribution in [2.75, 3.05) is 0 Å². The van der Waals surface area contributed by atoms with Crippen LogP contribution in [-0.4, -0.2) is 16.3 Å². The average molecular weight is 270 g/mol. The molecule has 1 aromatic carbocycles. The van der Waals surface area contributed by atoms with Gasteiger partial charge in [-0.15, -0.1) is 11.3 Å². The number of thiophene rings is 1. The number of nitrogens with zero attached hydrogens (tertiary/aromatic N) is 2. The Morgan fingerprint density at radius 1 is 1.26 bits per heavy atom. The number of rotatable bonds is 3. The molecule has 0 bridgehead atoms. The molecule has 2 aromatic heterocycles. The Hall–Kier alpha value is -2.27. The summed E-state index contributed by atoms with van der Waals surface area (Å²) in [4.78, 5) is 21.2. The Labute approximate surface area is 113 Å². The summed E-state index contributed by atoms with van der Waals surface area (Å²) >= 11 is 1.60. The van der Waals surface area contributed by atoms with Gasteiger partial charge in [0.2, 0.25) is 5.88 Å². The zero-order chi connectivity index (χ0) is 13.2. The molecule has 2 heterocycles. The Kier molecular flexibility index (Phi) is 2.97. The molecule has 0 saturated heterocycles. The number of aromatic nitrogens is 2. The molecule has 5 heteroatoms. The van der Waals surface area contributed by atoms with E-state index in [9.17, 15) is 4.79 Å². The van der Waals surface area contributed by atoms with Gasteiger partial charge >= 0.3 is 0 Å². The van der Waals surface area contributed by atoms with Crippen LogP contribution in [0.25, 0.3) is 10.2 Å². The number of fused-ring (bicyclic) bond motifs is 1. The van der Waals surface area contributed by atoms with Gasteiger partial charge in [0.05, 0.1) is 5.39 Å². The Balaban J connectivity index is 2.02. The van der Waals surface area contributed by atoms with Gasteiger partial charge in [-0.3, -0.25) is 4.79 Å². The predicted molar refractivity (Wildman–Crippen MR) is 74.1 cm³/mol. The summed E-state index contributed by atoms with van der Waals surface area (Å²) in [6, 6.07) is 8.97. The molecular formula is C14H10N2O2S. The standard InChI is InChI=1S/C14H10N2O2S/c1-9-5-12-13(15-8-16-14(12)19-9)18-11-4-2-3-10(6-11)7-17/h2-8H,1H3. The van der Waals surface area contributed by atoms with Gasteiger partial charge < -0.3 is 4.74 Å². The van der Waals surface area contributed by atoms with Crippen LogP contribution in [0.15, 0.2) is 36.7 Å². The summed E-state index contributed by atoms with van der Waals surface area (Å²) in [7, 11) is 0. The summed E-state index contributed by atoms with van der Waals surface area (Å²) in [5.41, 5.74) is 0.573. The van der Waals surface area contributed by atoms with Crippen molar-refractivity contribution >= 4 is 27.8 Å². The molecule has 19 heavy (non-hydrogen) atoms. The van der Waals surface area contributed by atoms with E-state index in [4.69, 9.17) is 4.74 Å². The van der Waals surface area contributed by atoms with Gasteiger partial charge in [-0.1, -0.05) is 12.1 Å². The van der Waals surface area contributed by atoms with Crippen LogP contribution in [-0.2, 0) is 0 Å². The SMILES string of the molecule is Cc1cc2c(Oc3cccc(C=O)c3)ncnc2s1. The van der Waals surface area contributed by atoms with Crippen LogP contribution >= 0.6 is 11.3 Å². The van der Waals surface area contributed by atoms with Crippen molar-refractivity contribution in [1.29, 1.82) is 0 Å². The van der Waals surface area contributed by atoms with Gasteiger partial charge in [-0.05, 0) is 25.1 Å². The van der Waals surface area contributed by atoms with Crippen molar-refractivity contribution in [2.24, 2.45) is 0 Å². The van der Waals surface area contributed by atoms with E-state index in [1.54, 1.807) is 35.6 Å². The van der Waals surface area contributed by atoms with E-state index in [2.05, 4.69) is 9.97 Å². The summed E-state index contributed by atoms with van der Waals surface area (Å²) in [6.07, 6.45) is 2.27. The molecule has 0 aliphatic rings. The maximum absolute atomic E-state index is 10.7. The van der Waals surface area contributed by atoms with Crippen molar-refractivity contribution in [1.82, 2.24) is 9.97 Å². The minimum Gasteiger partial charge on any atom is -0.438 e. The summed E-state index contributed by atoms with van der Waals surface area (Å²) in [6.45, 7) is 2.02. The number of ether oxygens (including phenoxy) is 1. The maximum Gasteiger partial charge on any atom is 0.231 e. The first-order valence-electron chi connectivity index (χ1n) is 5.70. The summed E-state index contributed by atoms with van der Waals surface area (Å²) in [5.74, 6) is 1.10. The first-order chi connectivity index (χ1) is 9.26. The van der Waals surface area contributed by atoms with E-state index in [0.717, 1.165) is 21.4 Å². The highest BCUT2D eigenvalue weighted by Gasteiger charge is 2.09. The number of aldehydes is 1.